The molecule has 6 heteroatoms. The Balaban J connectivity index is 3.35. The van der Waals surface area contributed by atoms with E-state index in [2.05, 4.69) is 55.6 Å². The van der Waals surface area contributed by atoms with Gasteiger partial charge in [-0.1, -0.05) is 397 Å². The molecule has 0 aromatic rings. The van der Waals surface area contributed by atoms with Gasteiger partial charge < -0.3 is 20.3 Å². The zero-order valence-corrected chi connectivity index (χ0v) is 60.4. The molecule has 0 bridgehead atoms. The largest absolute Gasteiger partial charge is 0.466 e. The SMILES string of the molecule is CCCCCCCC/C=C\CCCCCCCCCC(=O)OCCCCCCCCCCCCCCC/C=C\C/C=C\CCCCCCCCCCCCCCCCCCCC(=O)NC(CO)C(O)CCCCCCCCCCCCCCCCCCCC. The van der Waals surface area contributed by atoms with Crippen molar-refractivity contribution in [1.82, 2.24) is 5.32 Å². The first-order valence-electron chi connectivity index (χ1n) is 40.7. The molecule has 0 aromatic carbocycles. The Morgan fingerprint density at radius 3 is 0.865 bits per heavy atom. The number of hydrogen-bond acceptors (Lipinski definition) is 5. The minimum Gasteiger partial charge on any atom is -0.466 e. The maximum Gasteiger partial charge on any atom is 0.305 e. The van der Waals surface area contributed by atoms with Crippen LogP contribution >= 0.6 is 0 Å². The second kappa shape index (κ2) is 78.5. The van der Waals surface area contributed by atoms with Crippen LogP contribution in [0.1, 0.15) is 457 Å². The van der Waals surface area contributed by atoms with Gasteiger partial charge in [-0.05, 0) is 83.5 Å². The highest BCUT2D eigenvalue weighted by Gasteiger charge is 2.20. The number of aliphatic hydroxyl groups excluding tert-OH is 2. The number of aliphatic hydroxyl groups is 2. The summed E-state index contributed by atoms with van der Waals surface area (Å²) in [6, 6.07) is -0.540. The molecule has 0 radical (unpaired) electrons. The quantitative estimate of drug-likeness (QED) is 0.0320. The summed E-state index contributed by atoms with van der Waals surface area (Å²) in [5.74, 6) is -0.0117. The Labute approximate surface area is 557 Å². The molecule has 89 heavy (non-hydrogen) atoms. The van der Waals surface area contributed by atoms with Crippen molar-refractivity contribution in [3.63, 3.8) is 0 Å². The van der Waals surface area contributed by atoms with Gasteiger partial charge in [-0.15, -0.1) is 0 Å². The predicted octanol–water partition coefficient (Wildman–Crippen LogP) is 27.0. The highest BCUT2D eigenvalue weighted by molar-refractivity contribution is 5.76. The molecule has 0 aromatic heterocycles. The van der Waals surface area contributed by atoms with Crippen LogP contribution < -0.4 is 5.32 Å². The molecule has 0 spiro atoms. The van der Waals surface area contributed by atoms with Gasteiger partial charge in [0.25, 0.3) is 0 Å². The Bertz CT molecular complexity index is 1440. The van der Waals surface area contributed by atoms with Crippen molar-refractivity contribution in [3.8, 4) is 0 Å². The van der Waals surface area contributed by atoms with Gasteiger partial charge in [-0.3, -0.25) is 9.59 Å². The Morgan fingerprint density at radius 2 is 0.562 bits per heavy atom. The van der Waals surface area contributed by atoms with Crippen LogP contribution in [0.3, 0.4) is 0 Å². The lowest BCUT2D eigenvalue weighted by Gasteiger charge is -2.22. The van der Waals surface area contributed by atoms with Crippen molar-refractivity contribution in [3.05, 3.63) is 36.5 Å². The summed E-state index contributed by atoms with van der Waals surface area (Å²) in [5.41, 5.74) is 0. The fourth-order valence-electron chi connectivity index (χ4n) is 13.0. The number of carbonyl (C=O) groups excluding carboxylic acids is 2. The summed E-state index contributed by atoms with van der Waals surface area (Å²) in [7, 11) is 0. The lowest BCUT2D eigenvalue weighted by atomic mass is 10.0. The van der Waals surface area contributed by atoms with Crippen LogP contribution in [0.25, 0.3) is 0 Å². The molecule has 3 N–H and O–H groups in total. The number of nitrogens with one attached hydrogen (secondary N) is 1. The van der Waals surface area contributed by atoms with Crippen molar-refractivity contribution in [2.24, 2.45) is 0 Å². The summed E-state index contributed by atoms with van der Waals surface area (Å²) in [6.45, 7) is 4.99. The van der Waals surface area contributed by atoms with Gasteiger partial charge in [0.15, 0.2) is 0 Å². The second-order valence-electron chi connectivity index (χ2n) is 28.1. The van der Waals surface area contributed by atoms with Crippen LogP contribution in [0, 0.1) is 0 Å². The Hall–Kier alpha value is -1.92. The van der Waals surface area contributed by atoms with Crippen LogP contribution in [0.2, 0.25) is 0 Å². The minimum absolute atomic E-state index is 0.0162. The summed E-state index contributed by atoms with van der Waals surface area (Å²) in [5, 5.41) is 23.4. The fraction of sp³-hybridized carbons (Fsp3) is 0.904. The van der Waals surface area contributed by atoms with E-state index < -0.39 is 12.1 Å². The molecule has 526 valence electrons. The van der Waals surface area contributed by atoms with E-state index in [1.807, 2.05) is 0 Å². The number of allylic oxidation sites excluding steroid dienone is 6. The van der Waals surface area contributed by atoms with Crippen molar-refractivity contribution >= 4 is 11.9 Å². The molecular formula is C83H159NO5. The Kier molecular flexibility index (Phi) is 76.8. The van der Waals surface area contributed by atoms with E-state index in [-0.39, 0.29) is 18.5 Å². The van der Waals surface area contributed by atoms with E-state index in [9.17, 15) is 19.8 Å². The standard InChI is InChI=1S/C83H159NO5/c1-3-5-7-9-11-13-15-17-19-21-44-47-51-55-59-63-67-71-75-81(86)80(79-85)84-82(87)76-72-68-64-60-56-52-48-45-41-39-37-35-33-31-29-27-25-23-22-24-26-28-30-32-34-36-38-40-42-46-50-54-58-62-66-70-74-78-89-83(88)77-73-69-65-61-57-53-49-43-20-18-16-14-12-10-8-6-4-2/h18,20,22,24,28,30,80-81,85-86H,3-17,19,21,23,25-27,29,31-79H2,1-2H3,(H,84,87)/b20-18-,24-22-,30-28-. The average Bonchev–Trinajstić information content (AvgIpc) is 3.68. The van der Waals surface area contributed by atoms with E-state index in [4.69, 9.17) is 4.74 Å². The van der Waals surface area contributed by atoms with Crippen molar-refractivity contribution in [1.29, 1.82) is 0 Å². The van der Waals surface area contributed by atoms with Crippen molar-refractivity contribution < 1.29 is 24.5 Å². The molecule has 1 amide bonds. The van der Waals surface area contributed by atoms with Crippen LogP contribution in [0.5, 0.6) is 0 Å². The summed E-state index contributed by atoms with van der Waals surface area (Å²) in [4.78, 5) is 24.7. The first kappa shape index (κ1) is 87.1. The first-order valence-corrected chi connectivity index (χ1v) is 40.7. The third-order valence-corrected chi connectivity index (χ3v) is 19.2. The fourth-order valence-corrected chi connectivity index (χ4v) is 13.0. The number of esters is 1. The van der Waals surface area contributed by atoms with E-state index in [0.29, 0.717) is 25.9 Å². The van der Waals surface area contributed by atoms with Crippen LogP contribution in [-0.2, 0) is 14.3 Å². The number of unbranched alkanes of at least 4 members (excludes halogenated alkanes) is 60. The van der Waals surface area contributed by atoms with Gasteiger partial charge in [-0.2, -0.15) is 0 Å². The molecule has 0 aliphatic rings. The van der Waals surface area contributed by atoms with Crippen LogP contribution in [-0.4, -0.2) is 47.4 Å². The molecule has 2 unspecified atom stereocenters. The summed E-state index contributed by atoms with van der Waals surface area (Å²) in [6.07, 6.45) is 102. The molecule has 6 nitrogen and oxygen atoms in total. The van der Waals surface area contributed by atoms with Gasteiger partial charge in [0.05, 0.1) is 25.4 Å². The molecule has 0 aliphatic carbocycles. The topological polar surface area (TPSA) is 95.9 Å². The first-order chi connectivity index (χ1) is 44.0. The zero-order valence-electron chi connectivity index (χ0n) is 60.4. The number of rotatable bonds is 77. The molecule has 0 saturated heterocycles. The monoisotopic (exact) mass is 1250 g/mol. The van der Waals surface area contributed by atoms with E-state index >= 15 is 0 Å². The minimum atomic E-state index is -0.663. The normalized spacial score (nSPS) is 12.6. The average molecular weight is 1250 g/mol. The lowest BCUT2D eigenvalue weighted by Crippen LogP contribution is -2.45. The van der Waals surface area contributed by atoms with E-state index in [1.54, 1.807) is 0 Å². The summed E-state index contributed by atoms with van der Waals surface area (Å²) >= 11 is 0. The second-order valence-corrected chi connectivity index (χ2v) is 28.1. The van der Waals surface area contributed by atoms with Gasteiger partial charge in [0, 0.05) is 12.8 Å². The molecule has 0 fully saturated rings. The molecule has 0 aliphatic heterocycles. The molecular weight excluding hydrogens is 1090 g/mol. The molecule has 2 atom stereocenters. The smallest absolute Gasteiger partial charge is 0.305 e. The van der Waals surface area contributed by atoms with E-state index in [1.165, 1.54) is 372 Å². The third kappa shape index (κ3) is 75.0. The molecule has 0 heterocycles. The van der Waals surface area contributed by atoms with Gasteiger partial charge in [0.1, 0.15) is 0 Å². The number of amides is 1. The third-order valence-electron chi connectivity index (χ3n) is 19.2. The number of hydrogen-bond donors (Lipinski definition) is 3. The van der Waals surface area contributed by atoms with Gasteiger partial charge in [-0.25, -0.2) is 0 Å². The summed E-state index contributed by atoms with van der Waals surface area (Å²) < 4.78 is 5.51. The van der Waals surface area contributed by atoms with Crippen LogP contribution in [0.4, 0.5) is 0 Å². The van der Waals surface area contributed by atoms with E-state index in [0.717, 1.165) is 51.4 Å². The maximum absolute atomic E-state index is 12.5. The molecule has 0 saturated carbocycles. The van der Waals surface area contributed by atoms with Crippen molar-refractivity contribution in [2.45, 2.75) is 469 Å². The lowest BCUT2D eigenvalue weighted by molar-refractivity contribution is -0.143. The van der Waals surface area contributed by atoms with Crippen molar-refractivity contribution in [2.75, 3.05) is 13.2 Å². The highest BCUT2D eigenvalue weighted by atomic mass is 16.5. The van der Waals surface area contributed by atoms with Gasteiger partial charge >= 0.3 is 5.97 Å². The maximum atomic E-state index is 12.5. The zero-order chi connectivity index (χ0) is 64.2. The van der Waals surface area contributed by atoms with Gasteiger partial charge in [0.2, 0.25) is 5.91 Å². The highest BCUT2D eigenvalue weighted by Crippen LogP contribution is 2.20. The molecule has 0 rings (SSSR count). The predicted molar refractivity (Wildman–Crippen MR) is 393 cm³/mol. The van der Waals surface area contributed by atoms with Crippen LogP contribution in [0.15, 0.2) is 36.5 Å². The Morgan fingerprint density at radius 1 is 0.315 bits per heavy atom. The number of carbonyl (C=O) groups is 2. The number of ether oxygens (including phenoxy) is 1.